The molecule has 0 bridgehead atoms. The van der Waals surface area contributed by atoms with Crippen LogP contribution in [0.1, 0.15) is 413 Å². The van der Waals surface area contributed by atoms with Gasteiger partial charge in [-0.05, 0) is 57.3 Å². The molecule has 0 heterocycles. The molecule has 2 unspecified atom stereocenters. The zero-order chi connectivity index (χ0) is 74.1. The number of hydrogen-bond donors (Lipinski definition) is 3. The second kappa shape index (κ2) is 74.4. The molecule has 0 aromatic rings. The van der Waals surface area contributed by atoms with Crippen LogP contribution in [-0.2, 0) is 65.4 Å². The molecular weight excluding hydrogens is 1320 g/mol. The Morgan fingerprint density at radius 1 is 0.307 bits per heavy atom. The first-order valence-electron chi connectivity index (χ1n) is 42.0. The van der Waals surface area contributed by atoms with E-state index in [0.717, 1.165) is 109 Å². The third kappa shape index (κ3) is 75.6. The molecule has 0 aliphatic carbocycles. The van der Waals surface area contributed by atoms with Crippen LogP contribution in [0.3, 0.4) is 0 Å². The molecule has 0 saturated heterocycles. The summed E-state index contributed by atoms with van der Waals surface area (Å²) in [7, 11) is -9.93. The summed E-state index contributed by atoms with van der Waals surface area (Å²) in [6.07, 6.45) is 68.6. The van der Waals surface area contributed by atoms with Crippen LogP contribution in [0.4, 0.5) is 0 Å². The van der Waals surface area contributed by atoms with Crippen molar-refractivity contribution in [1.82, 2.24) is 0 Å². The Kier molecular flexibility index (Phi) is 72.6. The van der Waals surface area contributed by atoms with Gasteiger partial charge in [0.05, 0.1) is 26.4 Å². The van der Waals surface area contributed by atoms with Gasteiger partial charge in [0.15, 0.2) is 12.2 Å². The number of phosphoric acid groups is 2. The Hall–Kier alpha value is -2.46. The number of carbonyl (C=O) groups is 4. The summed E-state index contributed by atoms with van der Waals surface area (Å²) in [6, 6.07) is 0. The van der Waals surface area contributed by atoms with Gasteiger partial charge in [-0.25, -0.2) is 9.13 Å². The van der Waals surface area contributed by atoms with E-state index in [-0.39, 0.29) is 25.7 Å². The molecule has 0 aromatic carbocycles. The highest BCUT2D eigenvalue weighted by Gasteiger charge is 2.30. The van der Waals surface area contributed by atoms with Crippen LogP contribution in [0.15, 0.2) is 24.3 Å². The Balaban J connectivity index is 5.30. The third-order valence-electron chi connectivity index (χ3n) is 18.7. The smallest absolute Gasteiger partial charge is 0.462 e. The van der Waals surface area contributed by atoms with Gasteiger partial charge in [0.25, 0.3) is 0 Å². The van der Waals surface area contributed by atoms with Gasteiger partial charge in [0.2, 0.25) is 0 Å². The minimum Gasteiger partial charge on any atom is -0.462 e. The van der Waals surface area contributed by atoms with E-state index in [4.69, 9.17) is 37.0 Å². The van der Waals surface area contributed by atoms with Crippen molar-refractivity contribution in [2.24, 2.45) is 5.92 Å². The number of esters is 4. The number of carbonyl (C=O) groups excluding carboxylic acids is 4. The number of allylic oxidation sites excluding steroid dienone is 4. The van der Waals surface area contributed by atoms with E-state index in [1.807, 2.05) is 0 Å². The van der Waals surface area contributed by atoms with Crippen LogP contribution in [-0.4, -0.2) is 96.7 Å². The van der Waals surface area contributed by atoms with Crippen molar-refractivity contribution in [3.8, 4) is 0 Å². The summed E-state index contributed by atoms with van der Waals surface area (Å²) in [5.41, 5.74) is 0. The van der Waals surface area contributed by atoms with Gasteiger partial charge in [-0.2, -0.15) is 0 Å². The molecule has 0 fully saturated rings. The van der Waals surface area contributed by atoms with E-state index in [9.17, 15) is 43.2 Å². The number of aliphatic hydroxyl groups excluding tert-OH is 1. The predicted molar refractivity (Wildman–Crippen MR) is 414 cm³/mol. The normalized spacial score (nSPS) is 14.0. The van der Waals surface area contributed by atoms with Crippen molar-refractivity contribution in [1.29, 1.82) is 0 Å². The first-order chi connectivity index (χ1) is 49.0. The molecule has 596 valence electrons. The largest absolute Gasteiger partial charge is 0.472 e. The summed E-state index contributed by atoms with van der Waals surface area (Å²) < 4.78 is 68.7. The highest BCUT2D eigenvalue weighted by molar-refractivity contribution is 7.47. The third-order valence-corrected chi connectivity index (χ3v) is 20.6. The molecule has 0 spiro atoms. The van der Waals surface area contributed by atoms with Gasteiger partial charge in [-0.15, -0.1) is 0 Å². The molecular formula is C82H156O17P2. The molecule has 0 amide bonds. The molecule has 0 saturated carbocycles. The SMILES string of the molecule is CCCCCC/C=C\C=C/CCCCCCCC(=O)O[C@H](COC(=O)CCCCCCCCCCCCCCC)COP(=O)(O)OC[C@H](O)COP(=O)(O)OC[C@@H](COC(=O)CCCCCCCCCCCCCCCC(C)C)OC(=O)CCCCCCCCCCCCCCCCCCC. The number of hydrogen-bond acceptors (Lipinski definition) is 15. The van der Waals surface area contributed by atoms with E-state index in [0.29, 0.717) is 25.7 Å². The highest BCUT2D eigenvalue weighted by atomic mass is 31.2. The summed E-state index contributed by atoms with van der Waals surface area (Å²) in [5, 5.41) is 10.7. The summed E-state index contributed by atoms with van der Waals surface area (Å²) in [5.74, 6) is -1.34. The van der Waals surface area contributed by atoms with Crippen molar-refractivity contribution in [3.63, 3.8) is 0 Å². The average molecular weight is 1480 g/mol. The van der Waals surface area contributed by atoms with E-state index in [1.165, 1.54) is 225 Å². The molecule has 0 radical (unpaired) electrons. The molecule has 0 rings (SSSR count). The van der Waals surface area contributed by atoms with Gasteiger partial charge < -0.3 is 33.8 Å². The standard InChI is InChI=1S/C82H156O17P2/c1-6-9-12-15-18-21-24-27-29-30-32-37-43-48-53-58-63-68-82(87)99-78(72-93-80(85)66-61-56-51-46-41-38-33-35-39-44-49-54-59-64-75(4)5)74-97-101(90,91)95-70-76(83)69-94-100(88,89)96-73-77(71-92-79(84)65-60-55-50-45-40-34-26-23-20-17-14-11-8-3)98-81(86)67-62-57-52-47-42-36-31-28-25-22-19-16-13-10-7-2/h22,25,28,31,75-78,83H,6-21,23-24,26-27,29-30,32-74H2,1-5H3,(H,88,89)(H,90,91)/b25-22-,31-28-/t76-,77+,78+/m0/s1. The van der Waals surface area contributed by atoms with Crippen molar-refractivity contribution in [2.75, 3.05) is 39.6 Å². The number of phosphoric ester groups is 2. The average Bonchev–Trinajstić information content (AvgIpc) is 0.933. The molecule has 5 atom stereocenters. The molecule has 0 aromatic heterocycles. The minimum atomic E-state index is -4.97. The second-order valence-corrected chi connectivity index (χ2v) is 32.2. The van der Waals surface area contributed by atoms with Crippen molar-refractivity contribution in [3.05, 3.63) is 24.3 Å². The zero-order valence-corrected chi connectivity index (χ0v) is 67.3. The Morgan fingerprint density at radius 2 is 0.535 bits per heavy atom. The number of ether oxygens (including phenoxy) is 4. The lowest BCUT2D eigenvalue weighted by Crippen LogP contribution is -2.30. The lowest BCUT2D eigenvalue weighted by atomic mass is 10.0. The number of unbranched alkanes of at least 4 members (excludes halogenated alkanes) is 49. The predicted octanol–water partition coefficient (Wildman–Crippen LogP) is 24.4. The van der Waals surface area contributed by atoms with Crippen molar-refractivity contribution in [2.45, 2.75) is 432 Å². The summed E-state index contributed by atoms with van der Waals surface area (Å²) >= 11 is 0. The lowest BCUT2D eigenvalue weighted by Gasteiger charge is -2.21. The van der Waals surface area contributed by atoms with Crippen molar-refractivity contribution < 1.29 is 80.2 Å². The lowest BCUT2D eigenvalue weighted by molar-refractivity contribution is -0.161. The van der Waals surface area contributed by atoms with Crippen LogP contribution < -0.4 is 0 Å². The number of aliphatic hydroxyl groups is 1. The van der Waals surface area contributed by atoms with Gasteiger partial charge in [-0.1, -0.05) is 361 Å². The topological polar surface area (TPSA) is 237 Å². The second-order valence-electron chi connectivity index (χ2n) is 29.3. The van der Waals surface area contributed by atoms with E-state index >= 15 is 0 Å². The zero-order valence-electron chi connectivity index (χ0n) is 65.5. The van der Waals surface area contributed by atoms with Crippen molar-refractivity contribution >= 4 is 39.5 Å². The van der Waals surface area contributed by atoms with E-state index in [2.05, 4.69) is 58.9 Å². The summed E-state index contributed by atoms with van der Waals surface area (Å²) in [6.45, 7) is 7.30. The monoisotopic (exact) mass is 1480 g/mol. The van der Waals surface area contributed by atoms with Gasteiger partial charge >= 0.3 is 39.5 Å². The Labute approximate surface area is 618 Å². The maximum atomic E-state index is 13.1. The fourth-order valence-corrected chi connectivity index (χ4v) is 13.8. The highest BCUT2D eigenvalue weighted by Crippen LogP contribution is 2.45. The Morgan fingerprint density at radius 3 is 0.812 bits per heavy atom. The minimum absolute atomic E-state index is 0.0858. The fraction of sp³-hybridized carbons (Fsp3) is 0.902. The molecule has 0 aliphatic heterocycles. The number of rotatable bonds is 80. The molecule has 17 nitrogen and oxygen atoms in total. The summed E-state index contributed by atoms with van der Waals surface area (Å²) in [4.78, 5) is 73.1. The first-order valence-corrected chi connectivity index (χ1v) is 44.9. The van der Waals surface area contributed by atoms with E-state index in [1.54, 1.807) is 0 Å². The maximum absolute atomic E-state index is 13.1. The first kappa shape index (κ1) is 98.5. The van der Waals surface area contributed by atoms with Crippen LogP contribution in [0.25, 0.3) is 0 Å². The molecule has 0 aliphatic rings. The van der Waals surface area contributed by atoms with E-state index < -0.39 is 97.5 Å². The quantitative estimate of drug-likeness (QED) is 0.0169. The van der Waals surface area contributed by atoms with Crippen LogP contribution in [0, 0.1) is 5.92 Å². The van der Waals surface area contributed by atoms with Crippen LogP contribution >= 0.6 is 15.6 Å². The maximum Gasteiger partial charge on any atom is 0.472 e. The molecule has 19 heteroatoms. The van der Waals surface area contributed by atoms with Gasteiger partial charge in [-0.3, -0.25) is 37.3 Å². The van der Waals surface area contributed by atoms with Gasteiger partial charge in [0.1, 0.15) is 19.3 Å². The van der Waals surface area contributed by atoms with Crippen LogP contribution in [0.5, 0.6) is 0 Å². The van der Waals surface area contributed by atoms with Crippen LogP contribution in [0.2, 0.25) is 0 Å². The fourth-order valence-electron chi connectivity index (χ4n) is 12.2. The van der Waals surface area contributed by atoms with Gasteiger partial charge in [0, 0.05) is 25.7 Å². The Bertz CT molecular complexity index is 2020. The molecule has 101 heavy (non-hydrogen) atoms. The molecule has 3 N–H and O–H groups in total.